The van der Waals surface area contributed by atoms with Gasteiger partial charge in [-0.15, -0.1) is 0 Å². The largest absolute Gasteiger partial charge is 0.495 e. The summed E-state index contributed by atoms with van der Waals surface area (Å²) in [6.07, 6.45) is 3.84. The van der Waals surface area contributed by atoms with Crippen LogP contribution in [0, 0.1) is 12.7 Å². The average molecular weight is 612 g/mol. The maximum atomic E-state index is 14.3. The van der Waals surface area contributed by atoms with E-state index in [1.165, 1.54) is 14.2 Å². The number of aromatic amines is 2. The van der Waals surface area contributed by atoms with Gasteiger partial charge in [0, 0.05) is 48.6 Å². The smallest absolute Gasteiger partial charge is 0.220 e. The lowest BCUT2D eigenvalue weighted by molar-refractivity contribution is -0.122. The van der Waals surface area contributed by atoms with Crippen molar-refractivity contribution >= 4 is 68.4 Å². The number of fused-ring (bicyclic) bond motifs is 2. The van der Waals surface area contributed by atoms with Gasteiger partial charge in [0.1, 0.15) is 15.8 Å². The van der Waals surface area contributed by atoms with Gasteiger partial charge in [0.25, 0.3) is 0 Å². The molecule has 0 spiro atoms. The third kappa shape index (κ3) is 6.27. The number of hydrogen-bond acceptors (Lipinski definition) is 4. The zero-order chi connectivity index (χ0) is 29.0. The van der Waals surface area contributed by atoms with Crippen LogP contribution in [0.3, 0.4) is 0 Å². The standard InChI is InChI=1S/C28H30Cl3FN4O4/c1-14-16(18-12-20(40-3)26(32)25(31)28(18)36-14)8-10-34-22(38)6-4-5-21(37)33-9-7-15-13-35-27-17(15)11-19(39-2)23(29)24(27)30/h11-13,35-36H,4-10H2,1-3H3,(H,33,37)(H,34,38). The Morgan fingerprint density at radius 1 is 0.875 bits per heavy atom. The molecule has 0 radical (unpaired) electrons. The minimum Gasteiger partial charge on any atom is -0.495 e. The minimum absolute atomic E-state index is 0.0259. The first kappa shape index (κ1) is 29.8. The van der Waals surface area contributed by atoms with Crippen LogP contribution in [0.25, 0.3) is 21.8 Å². The molecule has 0 saturated carbocycles. The van der Waals surface area contributed by atoms with Crippen molar-refractivity contribution in [1.82, 2.24) is 20.6 Å². The highest BCUT2D eigenvalue weighted by molar-refractivity contribution is 6.46. The van der Waals surface area contributed by atoms with E-state index in [-0.39, 0.29) is 35.4 Å². The quantitative estimate of drug-likeness (QED) is 0.152. The van der Waals surface area contributed by atoms with Crippen molar-refractivity contribution < 1.29 is 23.5 Å². The van der Waals surface area contributed by atoms with Gasteiger partial charge >= 0.3 is 0 Å². The second-order valence-electron chi connectivity index (χ2n) is 9.35. The first-order chi connectivity index (χ1) is 19.2. The van der Waals surface area contributed by atoms with Crippen LogP contribution in [0.1, 0.15) is 36.1 Å². The maximum Gasteiger partial charge on any atom is 0.220 e. The van der Waals surface area contributed by atoms with E-state index in [9.17, 15) is 14.0 Å². The number of methoxy groups -OCH3 is 2. The zero-order valence-electron chi connectivity index (χ0n) is 22.3. The molecule has 0 bridgehead atoms. The van der Waals surface area contributed by atoms with Crippen LogP contribution in [0.5, 0.6) is 11.5 Å². The summed E-state index contributed by atoms with van der Waals surface area (Å²) in [5.41, 5.74) is 3.96. The van der Waals surface area contributed by atoms with Crippen LogP contribution >= 0.6 is 34.8 Å². The SMILES string of the molecule is COc1cc2c(CCNC(=O)CCCC(=O)NCCc3c[nH]c4c(Cl)c(Cl)c(OC)cc34)c(C)[nH]c2c(Cl)c1F. The number of hydrogen-bond donors (Lipinski definition) is 4. The summed E-state index contributed by atoms with van der Waals surface area (Å²) in [5.74, 6) is -0.334. The van der Waals surface area contributed by atoms with Gasteiger partial charge in [-0.25, -0.2) is 4.39 Å². The predicted molar refractivity (Wildman–Crippen MR) is 157 cm³/mol. The summed E-state index contributed by atoms with van der Waals surface area (Å²) < 4.78 is 24.7. The summed E-state index contributed by atoms with van der Waals surface area (Å²) in [4.78, 5) is 30.9. The molecule has 4 aromatic rings. The van der Waals surface area contributed by atoms with Gasteiger partial charge in [0.15, 0.2) is 11.6 Å². The molecule has 0 aliphatic carbocycles. The van der Waals surface area contributed by atoms with Gasteiger partial charge in [0.2, 0.25) is 11.8 Å². The number of ether oxygens (including phenoxy) is 2. The summed E-state index contributed by atoms with van der Waals surface area (Å²) >= 11 is 18.7. The molecule has 4 N–H and O–H groups in total. The van der Waals surface area contributed by atoms with E-state index in [1.54, 1.807) is 6.07 Å². The molecular weight excluding hydrogens is 582 g/mol. The molecule has 12 heteroatoms. The van der Waals surface area contributed by atoms with Gasteiger partial charge < -0.3 is 30.1 Å². The molecule has 0 aliphatic heterocycles. The molecule has 8 nitrogen and oxygen atoms in total. The van der Waals surface area contributed by atoms with E-state index in [0.717, 1.165) is 33.1 Å². The number of carbonyl (C=O) groups is 2. The number of aryl methyl sites for hydroxylation is 1. The Morgan fingerprint density at radius 3 is 2.15 bits per heavy atom. The van der Waals surface area contributed by atoms with E-state index in [0.29, 0.717) is 53.7 Å². The molecule has 2 aromatic heterocycles. The molecule has 0 fully saturated rings. The molecule has 0 aliphatic rings. The third-order valence-electron chi connectivity index (χ3n) is 6.83. The Balaban J connectivity index is 1.20. The van der Waals surface area contributed by atoms with Crippen molar-refractivity contribution in [3.05, 3.63) is 56.0 Å². The minimum atomic E-state index is -0.615. The monoisotopic (exact) mass is 610 g/mol. The van der Waals surface area contributed by atoms with Crippen molar-refractivity contribution in [2.45, 2.75) is 39.0 Å². The molecule has 0 saturated heterocycles. The van der Waals surface area contributed by atoms with Gasteiger partial charge in [-0.05, 0) is 49.4 Å². The molecule has 4 rings (SSSR count). The van der Waals surface area contributed by atoms with Crippen molar-refractivity contribution in [3.8, 4) is 11.5 Å². The highest BCUT2D eigenvalue weighted by Crippen LogP contribution is 2.39. The molecule has 40 heavy (non-hydrogen) atoms. The van der Waals surface area contributed by atoms with Crippen molar-refractivity contribution in [3.63, 3.8) is 0 Å². The Morgan fingerprint density at radius 2 is 1.50 bits per heavy atom. The van der Waals surface area contributed by atoms with Crippen molar-refractivity contribution in [1.29, 1.82) is 0 Å². The van der Waals surface area contributed by atoms with E-state index < -0.39 is 5.82 Å². The Labute approximate surface area is 245 Å². The highest BCUT2D eigenvalue weighted by Gasteiger charge is 2.19. The Kier molecular flexibility index (Phi) is 9.71. The second kappa shape index (κ2) is 13.0. The summed E-state index contributed by atoms with van der Waals surface area (Å²) in [7, 11) is 2.91. The molecule has 214 valence electrons. The van der Waals surface area contributed by atoms with Crippen molar-refractivity contribution in [2.75, 3.05) is 27.3 Å². The average Bonchev–Trinajstić information content (AvgIpc) is 3.48. The maximum absolute atomic E-state index is 14.3. The van der Waals surface area contributed by atoms with E-state index in [1.807, 2.05) is 19.2 Å². The topological polar surface area (TPSA) is 108 Å². The van der Waals surface area contributed by atoms with Gasteiger partial charge in [0.05, 0.1) is 30.3 Å². The van der Waals surface area contributed by atoms with Crippen LogP contribution in [0.4, 0.5) is 4.39 Å². The lowest BCUT2D eigenvalue weighted by Crippen LogP contribution is -2.27. The number of halogens is 4. The number of H-pyrrole nitrogens is 2. The van der Waals surface area contributed by atoms with E-state index in [4.69, 9.17) is 44.3 Å². The lowest BCUT2D eigenvalue weighted by Gasteiger charge is -2.08. The summed E-state index contributed by atoms with van der Waals surface area (Å²) in [5, 5.41) is 8.12. The molecule has 0 unspecified atom stereocenters. The number of nitrogens with one attached hydrogen (secondary N) is 4. The van der Waals surface area contributed by atoms with Crippen LogP contribution in [-0.2, 0) is 22.4 Å². The lowest BCUT2D eigenvalue weighted by atomic mass is 10.1. The number of rotatable bonds is 12. The molecule has 0 atom stereocenters. The first-order valence-corrected chi connectivity index (χ1v) is 13.9. The molecule has 2 heterocycles. The fraction of sp³-hybridized carbons (Fsp3) is 0.357. The highest BCUT2D eigenvalue weighted by atomic mass is 35.5. The van der Waals surface area contributed by atoms with Crippen LogP contribution in [0.15, 0.2) is 18.3 Å². The van der Waals surface area contributed by atoms with E-state index >= 15 is 0 Å². The fourth-order valence-corrected chi connectivity index (χ4v) is 5.46. The van der Waals surface area contributed by atoms with Gasteiger partial charge in [-0.3, -0.25) is 9.59 Å². The summed E-state index contributed by atoms with van der Waals surface area (Å²) in [6.45, 7) is 2.70. The molecule has 2 amide bonds. The van der Waals surface area contributed by atoms with Crippen LogP contribution < -0.4 is 20.1 Å². The third-order valence-corrected chi connectivity index (χ3v) is 8.04. The second-order valence-corrected chi connectivity index (χ2v) is 10.5. The number of aromatic nitrogens is 2. The summed E-state index contributed by atoms with van der Waals surface area (Å²) in [6, 6.07) is 3.43. The normalized spacial score (nSPS) is 11.3. The zero-order valence-corrected chi connectivity index (χ0v) is 24.6. The number of carbonyl (C=O) groups excluding carboxylic acids is 2. The number of amides is 2. The Hall–Kier alpha value is -3.14. The van der Waals surface area contributed by atoms with Gasteiger partial charge in [-0.2, -0.15) is 0 Å². The van der Waals surface area contributed by atoms with Crippen LogP contribution in [-0.4, -0.2) is 49.1 Å². The van der Waals surface area contributed by atoms with Gasteiger partial charge in [-0.1, -0.05) is 34.8 Å². The molecular formula is C28H30Cl3FN4O4. The van der Waals surface area contributed by atoms with Crippen LogP contribution in [0.2, 0.25) is 15.1 Å². The van der Waals surface area contributed by atoms with Crippen molar-refractivity contribution in [2.24, 2.45) is 0 Å². The predicted octanol–water partition coefficient (Wildman–Crippen LogP) is 6.26. The number of benzene rings is 2. The molecule has 2 aromatic carbocycles. The fourth-order valence-electron chi connectivity index (χ4n) is 4.74. The van der Waals surface area contributed by atoms with E-state index in [2.05, 4.69) is 20.6 Å². The Bertz CT molecular complexity index is 1570. The first-order valence-electron chi connectivity index (χ1n) is 12.7.